The molecule has 3 rings (SSSR count). The first kappa shape index (κ1) is 20.3. The lowest BCUT2D eigenvalue weighted by Gasteiger charge is -2.19. The number of rotatable bonds is 8. The Bertz CT molecular complexity index is 853. The number of carbonyl (C=O) groups excluding carboxylic acids is 2. The number of nitrogens with one attached hydrogen (secondary N) is 2. The Hall–Kier alpha value is -2.47. The van der Waals surface area contributed by atoms with E-state index in [0.717, 1.165) is 30.7 Å². The van der Waals surface area contributed by atoms with E-state index < -0.39 is 6.04 Å². The summed E-state index contributed by atoms with van der Waals surface area (Å²) in [7, 11) is 1.53. The van der Waals surface area contributed by atoms with Crippen molar-refractivity contribution in [3.63, 3.8) is 0 Å². The van der Waals surface area contributed by atoms with Crippen molar-refractivity contribution in [2.75, 3.05) is 24.4 Å². The smallest absolute Gasteiger partial charge is 0.255 e. The first-order valence-electron chi connectivity index (χ1n) is 9.48. The van der Waals surface area contributed by atoms with Gasteiger partial charge in [0, 0.05) is 5.69 Å². The molecule has 1 aliphatic rings. The average Bonchev–Trinajstić information content (AvgIpc) is 3.18. The standard InChI is InChI=1S/C22H26N2O3S/c1-27-20-9-4-3-8-18(20)21(25)24-19(12-13-28-2)22(26)23-17-11-10-15-6-5-7-16(15)14-17/h3-4,8-11,14,19H,5-7,12-13H2,1-2H3,(H,23,26)(H,24,25)/t19-/m0/s1. The van der Waals surface area contributed by atoms with Gasteiger partial charge in [-0.25, -0.2) is 0 Å². The second-order valence-electron chi connectivity index (χ2n) is 6.83. The molecule has 2 amide bonds. The molecule has 0 heterocycles. The molecule has 0 radical (unpaired) electrons. The first-order valence-corrected chi connectivity index (χ1v) is 10.9. The van der Waals surface area contributed by atoms with Crippen LogP contribution in [0.1, 0.15) is 34.3 Å². The highest BCUT2D eigenvalue weighted by Gasteiger charge is 2.23. The molecule has 0 saturated heterocycles. The molecule has 1 atom stereocenters. The zero-order valence-corrected chi connectivity index (χ0v) is 17.1. The lowest BCUT2D eigenvalue weighted by molar-refractivity contribution is -0.118. The molecule has 0 aliphatic heterocycles. The third-order valence-corrected chi connectivity index (χ3v) is 5.59. The van der Waals surface area contributed by atoms with E-state index in [1.807, 2.05) is 18.4 Å². The number of carbonyl (C=O) groups is 2. The van der Waals surface area contributed by atoms with Crippen molar-refractivity contribution >= 4 is 29.3 Å². The van der Waals surface area contributed by atoms with Crippen LogP contribution in [0.5, 0.6) is 5.75 Å². The number of fused-ring (bicyclic) bond motifs is 1. The summed E-state index contributed by atoms with van der Waals surface area (Å²) < 4.78 is 5.26. The summed E-state index contributed by atoms with van der Waals surface area (Å²) in [5, 5.41) is 5.84. The van der Waals surface area contributed by atoms with Crippen LogP contribution in [0.25, 0.3) is 0 Å². The van der Waals surface area contributed by atoms with E-state index in [9.17, 15) is 9.59 Å². The molecular formula is C22H26N2O3S. The molecule has 6 heteroatoms. The number of benzene rings is 2. The molecule has 0 spiro atoms. The monoisotopic (exact) mass is 398 g/mol. The normalized spacial score (nSPS) is 13.5. The lowest BCUT2D eigenvalue weighted by Crippen LogP contribution is -2.44. The molecular weight excluding hydrogens is 372 g/mol. The van der Waals surface area contributed by atoms with Gasteiger partial charge in [-0.2, -0.15) is 11.8 Å². The Labute approximate surface area is 170 Å². The molecule has 0 bridgehead atoms. The van der Waals surface area contributed by atoms with Crippen LogP contribution in [0.2, 0.25) is 0 Å². The number of thioether (sulfide) groups is 1. The summed E-state index contributed by atoms with van der Waals surface area (Å²) in [5.74, 6) is 0.750. The van der Waals surface area contributed by atoms with Gasteiger partial charge in [-0.15, -0.1) is 0 Å². The number of para-hydroxylation sites is 1. The number of hydrogen-bond acceptors (Lipinski definition) is 4. The Morgan fingerprint density at radius 3 is 2.71 bits per heavy atom. The van der Waals surface area contributed by atoms with E-state index in [1.54, 1.807) is 36.0 Å². The molecule has 0 saturated carbocycles. The SMILES string of the molecule is COc1ccccc1C(=O)N[C@@H](CCSC)C(=O)Nc1ccc2c(c1)CCC2. The van der Waals surface area contributed by atoms with E-state index >= 15 is 0 Å². The number of aryl methyl sites for hydroxylation is 2. The molecule has 2 aromatic carbocycles. The largest absolute Gasteiger partial charge is 0.496 e. The predicted molar refractivity (Wildman–Crippen MR) is 114 cm³/mol. The molecule has 5 nitrogen and oxygen atoms in total. The highest BCUT2D eigenvalue weighted by atomic mass is 32.2. The Morgan fingerprint density at radius 1 is 1.14 bits per heavy atom. The van der Waals surface area contributed by atoms with E-state index in [-0.39, 0.29) is 11.8 Å². The van der Waals surface area contributed by atoms with Crippen LogP contribution in [-0.2, 0) is 17.6 Å². The van der Waals surface area contributed by atoms with Gasteiger partial charge in [0.1, 0.15) is 11.8 Å². The number of methoxy groups -OCH3 is 1. The van der Waals surface area contributed by atoms with Crippen molar-refractivity contribution in [2.45, 2.75) is 31.7 Å². The third kappa shape index (κ3) is 4.87. The zero-order chi connectivity index (χ0) is 19.9. The molecule has 0 aromatic heterocycles. The number of amides is 2. The van der Waals surface area contributed by atoms with E-state index in [0.29, 0.717) is 17.7 Å². The maximum Gasteiger partial charge on any atom is 0.255 e. The Morgan fingerprint density at radius 2 is 1.93 bits per heavy atom. The first-order chi connectivity index (χ1) is 13.6. The summed E-state index contributed by atoms with van der Waals surface area (Å²) >= 11 is 1.64. The van der Waals surface area contributed by atoms with Crippen LogP contribution in [0, 0.1) is 0 Å². The fourth-order valence-corrected chi connectivity index (χ4v) is 3.92. The molecule has 2 N–H and O–H groups in total. The van der Waals surface area contributed by atoms with Crippen LogP contribution in [-0.4, -0.2) is 37.0 Å². The maximum absolute atomic E-state index is 12.9. The summed E-state index contributed by atoms with van der Waals surface area (Å²) in [6.45, 7) is 0. The second kappa shape index (κ2) is 9.64. The average molecular weight is 399 g/mol. The third-order valence-electron chi connectivity index (χ3n) is 4.95. The topological polar surface area (TPSA) is 67.4 Å². The van der Waals surface area contributed by atoms with Crippen molar-refractivity contribution < 1.29 is 14.3 Å². The summed E-state index contributed by atoms with van der Waals surface area (Å²) in [4.78, 5) is 25.6. The molecule has 1 aliphatic carbocycles. The quantitative estimate of drug-likeness (QED) is 0.712. The van der Waals surface area contributed by atoms with Gasteiger partial charge in [0.15, 0.2) is 0 Å². The van der Waals surface area contributed by atoms with Gasteiger partial charge in [-0.1, -0.05) is 18.2 Å². The van der Waals surface area contributed by atoms with Crippen LogP contribution >= 0.6 is 11.8 Å². The number of anilines is 1. The van der Waals surface area contributed by atoms with Crippen LogP contribution in [0.15, 0.2) is 42.5 Å². The predicted octanol–water partition coefficient (Wildman–Crippen LogP) is 3.67. The van der Waals surface area contributed by atoms with Crippen molar-refractivity contribution in [1.82, 2.24) is 5.32 Å². The van der Waals surface area contributed by atoms with Crippen LogP contribution in [0.4, 0.5) is 5.69 Å². The van der Waals surface area contributed by atoms with Crippen molar-refractivity contribution in [3.8, 4) is 5.75 Å². The van der Waals surface area contributed by atoms with Gasteiger partial charge in [0.05, 0.1) is 12.7 Å². The van der Waals surface area contributed by atoms with Crippen molar-refractivity contribution in [2.24, 2.45) is 0 Å². The lowest BCUT2D eigenvalue weighted by atomic mass is 10.1. The van der Waals surface area contributed by atoms with Gasteiger partial charge in [-0.3, -0.25) is 9.59 Å². The number of ether oxygens (including phenoxy) is 1. The highest BCUT2D eigenvalue weighted by molar-refractivity contribution is 7.98. The molecule has 148 valence electrons. The van der Waals surface area contributed by atoms with E-state index in [1.165, 1.54) is 18.2 Å². The van der Waals surface area contributed by atoms with E-state index in [2.05, 4.69) is 16.7 Å². The van der Waals surface area contributed by atoms with Crippen molar-refractivity contribution in [3.05, 3.63) is 59.2 Å². The Kier molecular flexibility index (Phi) is 6.98. The summed E-state index contributed by atoms with van der Waals surface area (Å²) in [6, 6.07) is 12.5. The minimum Gasteiger partial charge on any atom is -0.496 e. The van der Waals surface area contributed by atoms with Gasteiger partial charge in [0.2, 0.25) is 5.91 Å². The molecule has 28 heavy (non-hydrogen) atoms. The molecule has 0 fully saturated rings. The van der Waals surface area contributed by atoms with E-state index in [4.69, 9.17) is 4.74 Å². The zero-order valence-electron chi connectivity index (χ0n) is 16.3. The summed E-state index contributed by atoms with van der Waals surface area (Å²) in [5.41, 5.74) is 3.87. The van der Waals surface area contributed by atoms with Crippen molar-refractivity contribution in [1.29, 1.82) is 0 Å². The molecule has 2 aromatic rings. The fraction of sp³-hybridized carbons (Fsp3) is 0.364. The van der Waals surface area contributed by atoms with Gasteiger partial charge >= 0.3 is 0 Å². The maximum atomic E-state index is 12.9. The Balaban J connectivity index is 1.71. The minimum absolute atomic E-state index is 0.199. The van der Waals surface area contributed by atoms with Crippen LogP contribution in [0.3, 0.4) is 0 Å². The second-order valence-corrected chi connectivity index (χ2v) is 7.82. The van der Waals surface area contributed by atoms with Gasteiger partial charge < -0.3 is 15.4 Å². The summed E-state index contributed by atoms with van der Waals surface area (Å²) in [6.07, 6.45) is 5.86. The minimum atomic E-state index is -0.613. The molecule has 0 unspecified atom stereocenters. The highest BCUT2D eigenvalue weighted by Crippen LogP contribution is 2.25. The number of hydrogen-bond donors (Lipinski definition) is 2. The van der Waals surface area contributed by atoms with Gasteiger partial charge in [0.25, 0.3) is 5.91 Å². The van der Waals surface area contributed by atoms with Gasteiger partial charge in [-0.05, 0) is 73.1 Å². The van der Waals surface area contributed by atoms with Crippen LogP contribution < -0.4 is 15.4 Å². The fourth-order valence-electron chi connectivity index (χ4n) is 3.45.